The van der Waals surface area contributed by atoms with E-state index in [1.807, 2.05) is 0 Å². The second-order valence-corrected chi connectivity index (χ2v) is 37.4. The Morgan fingerprint density at radius 1 is 0.167 bits per heavy atom. The molecule has 2 atom stereocenters. The fraction of sp³-hybridized carbons (Fsp3) is 0.947. The van der Waals surface area contributed by atoms with E-state index in [-0.39, 0.29) is 0 Å². The summed E-state index contributed by atoms with van der Waals surface area (Å²) in [5.41, 5.74) is 36.4. The molecule has 0 aromatic heterocycles. The van der Waals surface area contributed by atoms with Crippen LogP contribution in [-0.4, -0.2) is 39.3 Å². The molecule has 1 aliphatic carbocycles. The monoisotopic (exact) mass is 1700 g/mol. The maximum absolute atomic E-state index is 5.56. The van der Waals surface area contributed by atoms with Gasteiger partial charge in [-0.1, -0.05) is 608 Å². The molecule has 0 amide bonds. The van der Waals surface area contributed by atoms with Crippen LogP contribution in [0.3, 0.4) is 0 Å². The number of hydrogen-bond acceptors (Lipinski definition) is 6. The minimum Gasteiger partial charge on any atom is -0.330 e. The van der Waals surface area contributed by atoms with Crippen molar-refractivity contribution in [2.75, 3.05) is 39.3 Å². The van der Waals surface area contributed by atoms with Crippen molar-refractivity contribution in [2.24, 2.45) is 46.2 Å². The standard InChI is InChI=1S/C22H46N2.C22H40N2.C20H44N2.4C9H20.2C7H16/c2*23-19-13-7-3-1-5-9-15-21-17-11-12-18-22(21)16-10-6-2-4-8-14-20-24;21-19-17-15-13-11-9-7-5-3-1-2-4-6-8-10-12-14-16-18-20-22;4*1-3-5-7-9-8-6-4-2;2*1-3-5-7-6-4-2/h21-22H,1-20,23-24H2;11-12,17-18H,1-10,13-16,19-20,23-24H2;1-22H2;4*3-9H2,1-2H3;2*3-7H2,1-2H3. The van der Waals surface area contributed by atoms with E-state index in [4.69, 9.17) is 34.4 Å². The predicted octanol–water partition coefficient (Wildman–Crippen LogP) is 38.4. The molecule has 0 bridgehead atoms. The van der Waals surface area contributed by atoms with Crippen molar-refractivity contribution >= 4 is 0 Å². The molecule has 1 fully saturated rings. The Morgan fingerprint density at radius 2 is 0.292 bits per heavy atom. The van der Waals surface area contributed by atoms with Gasteiger partial charge in [-0.2, -0.15) is 0 Å². The first-order chi connectivity index (χ1) is 59.2. The lowest BCUT2D eigenvalue weighted by atomic mass is 9.74. The van der Waals surface area contributed by atoms with Crippen LogP contribution in [0.5, 0.6) is 0 Å². The summed E-state index contributed by atoms with van der Waals surface area (Å²) in [6.07, 6.45) is 123. The van der Waals surface area contributed by atoms with Crippen molar-refractivity contribution in [3.8, 4) is 0 Å². The van der Waals surface area contributed by atoms with E-state index in [0.717, 1.165) is 51.1 Å². The zero-order valence-electron chi connectivity index (χ0n) is 86.4. The smallest absolute Gasteiger partial charge is 0.00773 e. The van der Waals surface area contributed by atoms with Crippen LogP contribution in [0.2, 0.25) is 0 Å². The van der Waals surface area contributed by atoms with Gasteiger partial charge in [-0.3, -0.25) is 0 Å². The summed E-state index contributed by atoms with van der Waals surface area (Å²) in [7, 11) is 0. The van der Waals surface area contributed by atoms with Gasteiger partial charge in [0.05, 0.1) is 0 Å². The van der Waals surface area contributed by atoms with Crippen LogP contribution in [0.25, 0.3) is 0 Å². The molecule has 0 spiro atoms. The zero-order valence-corrected chi connectivity index (χ0v) is 86.4. The molecule has 120 heavy (non-hydrogen) atoms. The Labute approximate surface area is 764 Å². The Balaban J connectivity index is -0.000000251. The summed E-state index contributed by atoms with van der Waals surface area (Å²) in [6.45, 7) is 32.3. The molecule has 1 saturated carbocycles. The lowest BCUT2D eigenvalue weighted by Crippen LogP contribution is -2.19. The van der Waals surface area contributed by atoms with Gasteiger partial charge in [-0.05, 0) is 126 Å². The highest BCUT2D eigenvalue weighted by atomic mass is 14.5. The molecule has 0 aliphatic heterocycles. The van der Waals surface area contributed by atoms with Gasteiger partial charge in [-0.25, -0.2) is 0 Å². The normalized spacial score (nSPS) is 12.6. The van der Waals surface area contributed by atoms with Crippen LogP contribution >= 0.6 is 0 Å². The second kappa shape index (κ2) is 136. The third-order valence-electron chi connectivity index (χ3n) is 24.9. The molecule has 2 rings (SSSR count). The molecule has 728 valence electrons. The van der Waals surface area contributed by atoms with Crippen LogP contribution < -0.4 is 34.4 Å². The molecule has 2 unspecified atom stereocenters. The Morgan fingerprint density at radius 3 is 0.442 bits per heavy atom. The quantitative estimate of drug-likeness (QED) is 0.0357. The average Bonchev–Trinajstić information content (AvgIpc) is 0.899. The van der Waals surface area contributed by atoms with Gasteiger partial charge in [0.15, 0.2) is 0 Å². The Hall–Kier alpha value is -1.02. The summed E-state index contributed by atoms with van der Waals surface area (Å²) in [6, 6.07) is 9.08. The Bertz CT molecular complexity index is 1520. The second-order valence-electron chi connectivity index (χ2n) is 37.4. The summed E-state index contributed by atoms with van der Waals surface area (Å²) in [5.74, 6) is 2.11. The van der Waals surface area contributed by atoms with Gasteiger partial charge < -0.3 is 34.4 Å². The summed E-state index contributed by atoms with van der Waals surface area (Å²) in [5, 5.41) is 0. The highest BCUT2D eigenvalue weighted by Gasteiger charge is 2.24. The van der Waals surface area contributed by atoms with E-state index < -0.39 is 0 Å². The molecular weight excluding hydrogens is 1450 g/mol. The molecule has 0 heterocycles. The first-order valence-electron chi connectivity index (χ1n) is 56.4. The minimum atomic E-state index is 0.848. The molecule has 0 saturated heterocycles. The Kier molecular flexibility index (Phi) is 150. The van der Waals surface area contributed by atoms with Crippen LogP contribution in [0.4, 0.5) is 0 Å². The molecule has 12 N–H and O–H groups in total. The van der Waals surface area contributed by atoms with Crippen molar-refractivity contribution in [3.05, 3.63) is 35.4 Å². The van der Waals surface area contributed by atoms with E-state index in [1.165, 1.54) is 565 Å². The number of hydrogen-bond donors (Lipinski definition) is 6. The average molecular weight is 1700 g/mol. The molecule has 1 aliphatic rings. The summed E-state index contributed by atoms with van der Waals surface area (Å²) < 4.78 is 0. The SMILES string of the molecule is CCCCCCC.CCCCCCC.CCCCCCCCC.CCCCCCCCC.CCCCCCCCC.CCCCCCCCC.NCCCCCCCCC1CCCCC1CCCCCCCCN.NCCCCCCCCCCCCCCCCCCCCN.NCCCCCCCCc1ccccc1CCCCCCCCN. The van der Waals surface area contributed by atoms with E-state index in [1.54, 1.807) is 11.1 Å². The topological polar surface area (TPSA) is 156 Å². The van der Waals surface area contributed by atoms with Gasteiger partial charge in [-0.15, -0.1) is 0 Å². The summed E-state index contributed by atoms with van der Waals surface area (Å²) >= 11 is 0. The number of unbranched alkanes of at least 4 members (excludes halogenated alkanes) is 69. The van der Waals surface area contributed by atoms with Crippen LogP contribution in [0, 0.1) is 11.8 Å². The molecule has 0 radical (unpaired) electrons. The maximum Gasteiger partial charge on any atom is -0.00773 e. The fourth-order valence-electron chi connectivity index (χ4n) is 16.5. The van der Waals surface area contributed by atoms with Gasteiger partial charge in [0.2, 0.25) is 0 Å². The van der Waals surface area contributed by atoms with Crippen molar-refractivity contribution in [1.29, 1.82) is 0 Å². The van der Waals surface area contributed by atoms with Crippen LogP contribution in [0.15, 0.2) is 24.3 Å². The third kappa shape index (κ3) is 135. The fourth-order valence-corrected chi connectivity index (χ4v) is 16.5. The van der Waals surface area contributed by atoms with Gasteiger partial charge in [0, 0.05) is 0 Å². The van der Waals surface area contributed by atoms with Crippen molar-refractivity contribution < 1.29 is 0 Å². The number of rotatable bonds is 83. The third-order valence-corrected chi connectivity index (χ3v) is 24.9. The largest absolute Gasteiger partial charge is 0.330 e. The molecule has 6 heteroatoms. The molecular formula is C114H242N6. The van der Waals surface area contributed by atoms with Gasteiger partial charge in [0.1, 0.15) is 0 Å². The molecule has 1 aromatic rings. The highest BCUT2D eigenvalue weighted by Crippen LogP contribution is 2.37. The van der Waals surface area contributed by atoms with Crippen molar-refractivity contribution in [2.45, 2.75) is 648 Å². The molecule has 1 aromatic carbocycles. The van der Waals surface area contributed by atoms with E-state index in [0.29, 0.717) is 0 Å². The van der Waals surface area contributed by atoms with E-state index in [9.17, 15) is 0 Å². The first kappa shape index (κ1) is 132. The van der Waals surface area contributed by atoms with E-state index in [2.05, 4.69) is 107 Å². The van der Waals surface area contributed by atoms with Gasteiger partial charge >= 0.3 is 0 Å². The predicted molar refractivity (Wildman–Crippen MR) is 560 cm³/mol. The lowest BCUT2D eigenvalue weighted by Gasteiger charge is -2.32. The van der Waals surface area contributed by atoms with Crippen molar-refractivity contribution in [3.63, 3.8) is 0 Å². The van der Waals surface area contributed by atoms with Gasteiger partial charge in [0.25, 0.3) is 0 Å². The number of aryl methyl sites for hydroxylation is 2. The number of nitrogens with two attached hydrogens (primary N) is 6. The minimum absolute atomic E-state index is 0.848. The lowest BCUT2D eigenvalue weighted by molar-refractivity contribution is 0.202. The molecule has 6 nitrogen and oxygen atoms in total. The summed E-state index contributed by atoms with van der Waals surface area (Å²) in [4.78, 5) is 0. The van der Waals surface area contributed by atoms with E-state index >= 15 is 0 Å². The zero-order chi connectivity index (χ0) is 89.6. The van der Waals surface area contributed by atoms with Crippen molar-refractivity contribution in [1.82, 2.24) is 0 Å². The van der Waals surface area contributed by atoms with Crippen LogP contribution in [0.1, 0.15) is 646 Å². The maximum atomic E-state index is 5.56. The first-order valence-corrected chi connectivity index (χ1v) is 56.4. The highest BCUT2D eigenvalue weighted by molar-refractivity contribution is 5.27. The van der Waals surface area contributed by atoms with Crippen LogP contribution in [-0.2, 0) is 12.8 Å². The number of benzene rings is 1.